The van der Waals surface area contributed by atoms with Gasteiger partial charge < -0.3 is 9.32 Å². The Balaban J connectivity index is 2.02. The monoisotopic (exact) mass is 363 g/mol. The highest BCUT2D eigenvalue weighted by atomic mass is 79.9. The van der Waals surface area contributed by atoms with Crippen molar-refractivity contribution in [2.75, 3.05) is 18.4 Å². The van der Waals surface area contributed by atoms with Gasteiger partial charge in [-0.05, 0) is 47.2 Å². The van der Waals surface area contributed by atoms with Crippen LogP contribution >= 0.6 is 31.9 Å². The Bertz CT molecular complexity index is 390. The molecule has 1 aliphatic rings. The molecule has 17 heavy (non-hydrogen) atoms. The van der Waals surface area contributed by atoms with Crippen LogP contribution in [0.5, 0.6) is 0 Å². The highest BCUT2D eigenvalue weighted by molar-refractivity contribution is 9.10. The van der Waals surface area contributed by atoms with Crippen LogP contribution in [0, 0.1) is 5.92 Å². The van der Waals surface area contributed by atoms with Crippen molar-refractivity contribution in [3.05, 3.63) is 22.6 Å². The zero-order valence-corrected chi connectivity index (χ0v) is 12.7. The summed E-state index contributed by atoms with van der Waals surface area (Å²) in [6.45, 7) is 1.72. The number of carbonyl (C=O) groups is 1. The number of furan rings is 1. The average Bonchev–Trinajstić information content (AvgIpc) is 2.75. The minimum absolute atomic E-state index is 0.0740. The molecule has 3 nitrogen and oxygen atoms in total. The molecule has 2 rings (SSSR count). The van der Waals surface area contributed by atoms with Gasteiger partial charge in [-0.2, -0.15) is 0 Å². The summed E-state index contributed by atoms with van der Waals surface area (Å²) < 4.78 is 5.64. The van der Waals surface area contributed by atoms with Crippen LogP contribution in [-0.2, 0) is 0 Å². The second-order valence-corrected chi connectivity index (χ2v) is 5.86. The van der Waals surface area contributed by atoms with Crippen molar-refractivity contribution < 1.29 is 9.21 Å². The standard InChI is InChI=1S/C12H15Br2NO2/c13-5-3-9-2-1-6-15(8-9)12(16)10-4-7-17-11(10)14/h4,7,9H,1-3,5-6,8H2. The van der Waals surface area contributed by atoms with E-state index in [2.05, 4.69) is 31.9 Å². The summed E-state index contributed by atoms with van der Waals surface area (Å²) in [6, 6.07) is 1.72. The van der Waals surface area contributed by atoms with E-state index in [1.165, 1.54) is 12.7 Å². The second kappa shape index (κ2) is 6.05. The fourth-order valence-corrected chi connectivity index (χ4v) is 3.31. The summed E-state index contributed by atoms with van der Waals surface area (Å²) in [6.07, 6.45) is 4.99. The summed E-state index contributed by atoms with van der Waals surface area (Å²) >= 11 is 6.72. The van der Waals surface area contributed by atoms with E-state index in [1.807, 2.05) is 4.90 Å². The Morgan fingerprint density at radius 2 is 2.41 bits per heavy atom. The maximum Gasteiger partial charge on any atom is 0.258 e. The molecule has 0 spiro atoms. The minimum Gasteiger partial charge on any atom is -0.457 e. The summed E-state index contributed by atoms with van der Waals surface area (Å²) in [4.78, 5) is 14.2. The number of halogens is 2. The molecule has 0 aromatic carbocycles. The first-order valence-electron chi connectivity index (χ1n) is 5.80. The van der Waals surface area contributed by atoms with Crippen LogP contribution in [0.2, 0.25) is 0 Å². The first-order chi connectivity index (χ1) is 8.22. The maximum atomic E-state index is 12.3. The largest absolute Gasteiger partial charge is 0.457 e. The molecule has 1 saturated heterocycles. The molecule has 0 aliphatic carbocycles. The lowest BCUT2D eigenvalue weighted by molar-refractivity contribution is 0.0670. The van der Waals surface area contributed by atoms with E-state index in [9.17, 15) is 4.79 Å². The average molecular weight is 365 g/mol. The molecule has 2 heterocycles. The third-order valence-corrected chi connectivity index (χ3v) is 4.24. The Hall–Kier alpha value is -0.290. The van der Waals surface area contributed by atoms with Crippen LogP contribution < -0.4 is 0 Å². The molecule has 0 N–H and O–H groups in total. The molecule has 0 radical (unpaired) electrons. The van der Waals surface area contributed by atoms with Gasteiger partial charge in [0.05, 0.1) is 11.8 Å². The lowest BCUT2D eigenvalue weighted by Gasteiger charge is -2.32. The molecule has 1 amide bonds. The molecule has 94 valence electrons. The van der Waals surface area contributed by atoms with Crippen molar-refractivity contribution in [3.63, 3.8) is 0 Å². The van der Waals surface area contributed by atoms with Crippen molar-refractivity contribution in [3.8, 4) is 0 Å². The first kappa shape index (κ1) is 13.1. The van der Waals surface area contributed by atoms with Crippen molar-refractivity contribution in [1.82, 2.24) is 4.90 Å². The third kappa shape index (κ3) is 3.13. The molecule has 1 fully saturated rings. The molecule has 1 aromatic rings. The Morgan fingerprint density at radius 1 is 1.59 bits per heavy atom. The van der Waals surface area contributed by atoms with Crippen molar-refractivity contribution in [2.24, 2.45) is 5.92 Å². The molecule has 1 unspecified atom stereocenters. The highest BCUT2D eigenvalue weighted by Crippen LogP contribution is 2.24. The number of likely N-dealkylation sites (tertiary alicyclic amines) is 1. The second-order valence-electron chi connectivity index (χ2n) is 4.35. The van der Waals surface area contributed by atoms with E-state index in [0.717, 1.165) is 31.3 Å². The Morgan fingerprint density at radius 3 is 3.06 bits per heavy atom. The van der Waals surface area contributed by atoms with Gasteiger partial charge in [0.25, 0.3) is 5.91 Å². The van der Waals surface area contributed by atoms with Crippen LogP contribution in [0.25, 0.3) is 0 Å². The summed E-state index contributed by atoms with van der Waals surface area (Å²) in [7, 11) is 0. The highest BCUT2D eigenvalue weighted by Gasteiger charge is 2.25. The molecule has 1 atom stereocenters. The number of piperidine rings is 1. The fraction of sp³-hybridized carbons (Fsp3) is 0.583. The zero-order chi connectivity index (χ0) is 12.3. The smallest absolute Gasteiger partial charge is 0.258 e. The number of alkyl halides is 1. The molecular weight excluding hydrogens is 350 g/mol. The van der Waals surface area contributed by atoms with E-state index >= 15 is 0 Å². The van der Waals surface area contributed by atoms with Crippen molar-refractivity contribution in [2.45, 2.75) is 19.3 Å². The van der Waals surface area contributed by atoms with Gasteiger partial charge in [-0.1, -0.05) is 15.9 Å². The zero-order valence-electron chi connectivity index (χ0n) is 9.49. The van der Waals surface area contributed by atoms with E-state index in [4.69, 9.17) is 4.42 Å². The van der Waals surface area contributed by atoms with Gasteiger partial charge >= 0.3 is 0 Å². The van der Waals surface area contributed by atoms with Crippen molar-refractivity contribution in [1.29, 1.82) is 0 Å². The van der Waals surface area contributed by atoms with Crippen LogP contribution in [-0.4, -0.2) is 29.2 Å². The Kier molecular flexibility index (Phi) is 4.68. The van der Waals surface area contributed by atoms with E-state index in [-0.39, 0.29) is 5.91 Å². The van der Waals surface area contributed by atoms with Gasteiger partial charge in [-0.25, -0.2) is 0 Å². The molecule has 5 heteroatoms. The molecule has 0 bridgehead atoms. The molecule has 1 aromatic heterocycles. The summed E-state index contributed by atoms with van der Waals surface area (Å²) in [5.74, 6) is 0.697. The number of carbonyl (C=O) groups excluding carboxylic acids is 1. The van der Waals surface area contributed by atoms with Gasteiger partial charge in [0.15, 0.2) is 4.67 Å². The normalized spacial score (nSPS) is 20.6. The van der Waals surface area contributed by atoms with Crippen LogP contribution in [0.15, 0.2) is 21.4 Å². The van der Waals surface area contributed by atoms with E-state index < -0.39 is 0 Å². The van der Waals surface area contributed by atoms with E-state index in [1.54, 1.807) is 6.07 Å². The van der Waals surface area contributed by atoms with E-state index in [0.29, 0.717) is 16.2 Å². The third-order valence-electron chi connectivity index (χ3n) is 3.17. The predicted octanol–water partition coefficient (Wildman–Crippen LogP) is 3.68. The fourth-order valence-electron chi connectivity index (χ4n) is 2.26. The Labute approximate surface area is 118 Å². The summed E-state index contributed by atoms with van der Waals surface area (Å²) in [5, 5.41) is 1.01. The quantitative estimate of drug-likeness (QED) is 0.766. The molecule has 1 aliphatic heterocycles. The summed E-state index contributed by atoms with van der Waals surface area (Å²) in [5.41, 5.74) is 0.629. The van der Waals surface area contributed by atoms with Crippen molar-refractivity contribution >= 4 is 37.8 Å². The lowest BCUT2D eigenvalue weighted by Crippen LogP contribution is -2.40. The van der Waals surface area contributed by atoms with Gasteiger partial charge in [0.1, 0.15) is 0 Å². The van der Waals surface area contributed by atoms with Crippen LogP contribution in [0.4, 0.5) is 0 Å². The number of rotatable bonds is 3. The van der Waals surface area contributed by atoms with Gasteiger partial charge in [-0.15, -0.1) is 0 Å². The first-order valence-corrected chi connectivity index (χ1v) is 7.72. The lowest BCUT2D eigenvalue weighted by atomic mass is 9.95. The van der Waals surface area contributed by atoms with Crippen LogP contribution in [0.1, 0.15) is 29.6 Å². The van der Waals surface area contributed by atoms with Gasteiger partial charge in [0.2, 0.25) is 0 Å². The molecule has 0 saturated carbocycles. The van der Waals surface area contributed by atoms with Gasteiger partial charge in [-0.3, -0.25) is 4.79 Å². The molecular formula is C12H15Br2NO2. The SMILES string of the molecule is O=C(c1ccoc1Br)N1CCCC(CCBr)C1. The maximum absolute atomic E-state index is 12.3. The number of hydrogen-bond donors (Lipinski definition) is 0. The van der Waals surface area contributed by atoms with Crippen LogP contribution in [0.3, 0.4) is 0 Å². The minimum atomic E-state index is 0.0740. The number of nitrogens with zero attached hydrogens (tertiary/aromatic N) is 1. The van der Waals surface area contributed by atoms with Gasteiger partial charge in [0, 0.05) is 18.4 Å². The number of amides is 1. The number of hydrogen-bond acceptors (Lipinski definition) is 2. The predicted molar refractivity (Wildman–Crippen MR) is 73.4 cm³/mol. The topological polar surface area (TPSA) is 33.5 Å².